The number of aliphatic hydroxyl groups excluding tert-OH is 1. The largest absolute Gasteiger partial charge is 0.384 e. The first-order valence-electron chi connectivity index (χ1n) is 14.3. The molecule has 2 atom stereocenters. The predicted molar refractivity (Wildman–Crippen MR) is 176 cm³/mol. The Balaban J connectivity index is 0.000000168. The highest BCUT2D eigenvalue weighted by Gasteiger charge is 2.11. The van der Waals surface area contributed by atoms with Crippen LogP contribution in [0.5, 0.6) is 0 Å². The fourth-order valence-electron chi connectivity index (χ4n) is 4.93. The highest BCUT2D eigenvalue weighted by molar-refractivity contribution is 6.22. The van der Waals surface area contributed by atoms with Gasteiger partial charge in [-0.15, -0.1) is 11.6 Å². The fraction of sp³-hybridized carbons (Fsp3) is 0.100. The van der Waals surface area contributed by atoms with Crippen LogP contribution >= 0.6 is 11.6 Å². The van der Waals surface area contributed by atoms with Crippen molar-refractivity contribution in [3.63, 3.8) is 0 Å². The van der Waals surface area contributed by atoms with E-state index in [1.165, 1.54) is 22.3 Å². The normalized spacial score (nSPS) is 12.0. The monoisotopic (exact) mass is 566 g/mol. The van der Waals surface area contributed by atoms with Crippen molar-refractivity contribution in [2.45, 2.75) is 24.3 Å². The Bertz CT molecular complexity index is 1470. The summed E-state index contributed by atoms with van der Waals surface area (Å²) in [5, 5.41) is 10.3. The third-order valence-corrected chi connectivity index (χ3v) is 7.78. The van der Waals surface area contributed by atoms with Crippen LogP contribution in [0.25, 0.3) is 0 Å². The quantitative estimate of drug-likeness (QED) is 0.182. The smallest absolute Gasteiger partial charge is 0.104 e. The van der Waals surface area contributed by atoms with Gasteiger partial charge in [0, 0.05) is 0 Å². The molecule has 0 saturated carbocycles. The van der Waals surface area contributed by atoms with Crippen LogP contribution in [0.2, 0.25) is 0 Å². The molecule has 0 fully saturated rings. The lowest BCUT2D eigenvalue weighted by molar-refractivity contribution is 0.220. The molecular formula is C40H35ClO. The maximum Gasteiger partial charge on any atom is 0.104 e. The first kappa shape index (κ1) is 29.1. The average Bonchev–Trinajstić information content (AvgIpc) is 3.07. The lowest BCUT2D eigenvalue weighted by Crippen LogP contribution is -1.99. The number of aliphatic hydroxyl groups is 1. The third kappa shape index (κ3) is 8.30. The van der Waals surface area contributed by atoms with Gasteiger partial charge in [0.2, 0.25) is 0 Å². The Morgan fingerprint density at radius 1 is 0.357 bits per heavy atom. The molecule has 208 valence electrons. The van der Waals surface area contributed by atoms with Gasteiger partial charge < -0.3 is 5.11 Å². The molecular weight excluding hydrogens is 532 g/mol. The van der Waals surface area contributed by atoms with Crippen molar-refractivity contribution >= 4 is 11.6 Å². The fourth-order valence-corrected chi connectivity index (χ4v) is 5.22. The highest BCUT2D eigenvalue weighted by Crippen LogP contribution is 2.29. The standard InChI is InChI=1S/C20H17Cl.C20H18O/c2*21-20(18-9-5-2-6-10-18)19-13-11-17(12-14-19)15-16-7-3-1-4-8-16/h1-14,20H,15H2;1-14,20-21H,15H2. The Morgan fingerprint density at radius 2 is 0.643 bits per heavy atom. The Kier molecular flexibility index (Phi) is 10.4. The molecule has 6 aromatic carbocycles. The molecule has 0 aromatic heterocycles. The van der Waals surface area contributed by atoms with E-state index in [1.54, 1.807) is 0 Å². The van der Waals surface area contributed by atoms with Gasteiger partial charge >= 0.3 is 0 Å². The van der Waals surface area contributed by atoms with Crippen LogP contribution in [-0.4, -0.2) is 5.11 Å². The zero-order valence-corrected chi connectivity index (χ0v) is 24.3. The maximum absolute atomic E-state index is 10.4. The SMILES string of the molecule is ClC(c1ccccc1)c1ccc(Cc2ccccc2)cc1.OC(c1ccccc1)c1ccc(Cc2ccccc2)cc1. The van der Waals surface area contributed by atoms with E-state index in [9.17, 15) is 5.11 Å². The molecule has 0 bridgehead atoms. The van der Waals surface area contributed by atoms with Crippen molar-refractivity contribution < 1.29 is 5.11 Å². The molecule has 0 amide bonds. The molecule has 1 nitrogen and oxygen atoms in total. The zero-order valence-electron chi connectivity index (χ0n) is 23.6. The van der Waals surface area contributed by atoms with E-state index in [2.05, 4.69) is 97.1 Å². The molecule has 0 radical (unpaired) electrons. The molecule has 0 saturated heterocycles. The van der Waals surface area contributed by atoms with Crippen molar-refractivity contribution in [2.24, 2.45) is 0 Å². The van der Waals surface area contributed by atoms with Gasteiger partial charge in [-0.25, -0.2) is 0 Å². The predicted octanol–water partition coefficient (Wildman–Crippen LogP) is 9.96. The second-order valence-electron chi connectivity index (χ2n) is 10.4. The second-order valence-corrected chi connectivity index (χ2v) is 10.8. The van der Waals surface area contributed by atoms with Crippen LogP contribution in [0.4, 0.5) is 0 Å². The summed E-state index contributed by atoms with van der Waals surface area (Å²) in [5.74, 6) is 0. The van der Waals surface area contributed by atoms with Gasteiger partial charge in [-0.3, -0.25) is 0 Å². The summed E-state index contributed by atoms with van der Waals surface area (Å²) in [6.07, 6.45) is 1.32. The van der Waals surface area contributed by atoms with Crippen LogP contribution < -0.4 is 0 Å². The minimum atomic E-state index is -0.558. The van der Waals surface area contributed by atoms with Gasteiger partial charge in [-0.1, -0.05) is 170 Å². The van der Waals surface area contributed by atoms with E-state index >= 15 is 0 Å². The third-order valence-electron chi connectivity index (χ3n) is 7.28. The Morgan fingerprint density at radius 3 is 1.07 bits per heavy atom. The molecule has 2 heteroatoms. The number of benzene rings is 6. The molecule has 6 rings (SSSR count). The van der Waals surface area contributed by atoms with E-state index in [4.69, 9.17) is 11.6 Å². The second kappa shape index (κ2) is 15.0. The van der Waals surface area contributed by atoms with Crippen molar-refractivity contribution in [3.05, 3.63) is 214 Å². The van der Waals surface area contributed by atoms with Crippen molar-refractivity contribution in [1.82, 2.24) is 0 Å². The number of hydrogen-bond acceptors (Lipinski definition) is 1. The van der Waals surface area contributed by atoms with Gasteiger partial charge in [0.25, 0.3) is 0 Å². The highest BCUT2D eigenvalue weighted by atomic mass is 35.5. The lowest BCUT2D eigenvalue weighted by Gasteiger charge is -2.12. The zero-order chi connectivity index (χ0) is 29.0. The van der Waals surface area contributed by atoms with Crippen LogP contribution in [0.15, 0.2) is 170 Å². The number of hydrogen-bond donors (Lipinski definition) is 1. The van der Waals surface area contributed by atoms with Crippen LogP contribution in [0, 0.1) is 0 Å². The molecule has 0 aliphatic rings. The van der Waals surface area contributed by atoms with Gasteiger partial charge in [-0.2, -0.15) is 0 Å². The summed E-state index contributed by atoms with van der Waals surface area (Å²) in [4.78, 5) is 0. The molecule has 0 spiro atoms. The van der Waals surface area contributed by atoms with E-state index in [-0.39, 0.29) is 5.38 Å². The summed E-state index contributed by atoms with van der Waals surface area (Å²) in [6.45, 7) is 0. The Hall–Kier alpha value is -4.43. The van der Waals surface area contributed by atoms with Crippen LogP contribution in [0.1, 0.15) is 56.0 Å². The first-order chi connectivity index (χ1) is 20.7. The minimum Gasteiger partial charge on any atom is -0.384 e. The average molecular weight is 567 g/mol. The first-order valence-corrected chi connectivity index (χ1v) is 14.8. The summed E-state index contributed by atoms with van der Waals surface area (Å²) < 4.78 is 0. The van der Waals surface area contributed by atoms with Crippen molar-refractivity contribution in [1.29, 1.82) is 0 Å². The number of halogens is 1. The van der Waals surface area contributed by atoms with Crippen LogP contribution in [-0.2, 0) is 12.8 Å². The summed E-state index contributed by atoms with van der Waals surface area (Å²) in [7, 11) is 0. The summed E-state index contributed by atoms with van der Waals surface area (Å²) in [6, 6.07) is 57.6. The van der Waals surface area contributed by atoms with Crippen molar-refractivity contribution in [2.75, 3.05) is 0 Å². The van der Waals surface area contributed by atoms with Gasteiger partial charge in [0.05, 0.1) is 5.38 Å². The molecule has 0 heterocycles. The maximum atomic E-state index is 10.4. The molecule has 0 aliphatic heterocycles. The van der Waals surface area contributed by atoms with Gasteiger partial charge in [0.1, 0.15) is 6.10 Å². The van der Waals surface area contributed by atoms with E-state index < -0.39 is 6.10 Å². The lowest BCUT2D eigenvalue weighted by atomic mass is 9.98. The number of rotatable bonds is 8. The van der Waals surface area contributed by atoms with Crippen molar-refractivity contribution in [3.8, 4) is 0 Å². The molecule has 6 aromatic rings. The molecule has 42 heavy (non-hydrogen) atoms. The topological polar surface area (TPSA) is 20.2 Å². The van der Waals surface area contributed by atoms with Gasteiger partial charge in [0.15, 0.2) is 0 Å². The number of alkyl halides is 1. The van der Waals surface area contributed by atoms with E-state index in [1.807, 2.05) is 72.8 Å². The van der Waals surface area contributed by atoms with Gasteiger partial charge in [-0.05, 0) is 57.3 Å². The molecule has 1 N–H and O–H groups in total. The summed E-state index contributed by atoms with van der Waals surface area (Å²) >= 11 is 6.54. The minimum absolute atomic E-state index is 0.0861. The van der Waals surface area contributed by atoms with E-state index in [0.29, 0.717) is 0 Å². The van der Waals surface area contributed by atoms with Crippen LogP contribution in [0.3, 0.4) is 0 Å². The Labute approximate surface area is 254 Å². The molecule has 0 aliphatic carbocycles. The summed E-state index contributed by atoms with van der Waals surface area (Å²) in [5.41, 5.74) is 9.32. The molecule has 2 unspecified atom stereocenters. The van der Waals surface area contributed by atoms with E-state index in [0.717, 1.165) is 35.1 Å².